The SMILES string of the molecule is Cc1ccccc1Nc1nc(N)nc(CN(C)Cc2cnn(Cc3ccccc3)c2)n1. The lowest BCUT2D eigenvalue weighted by Crippen LogP contribution is -2.20. The third-order valence-electron chi connectivity index (χ3n) is 4.83. The maximum absolute atomic E-state index is 5.92. The van der Waals surface area contributed by atoms with Gasteiger partial charge in [0.2, 0.25) is 11.9 Å². The molecule has 2 aromatic heterocycles. The van der Waals surface area contributed by atoms with Crippen molar-refractivity contribution in [2.75, 3.05) is 18.1 Å². The zero-order valence-electron chi connectivity index (χ0n) is 17.7. The van der Waals surface area contributed by atoms with Crippen molar-refractivity contribution < 1.29 is 0 Å². The predicted molar refractivity (Wildman–Crippen MR) is 122 cm³/mol. The molecular formula is C23H26N8. The standard InChI is InChI=1S/C23H26N8/c1-17-8-6-7-11-20(17)26-23-28-21(27-22(24)29-23)16-30(2)13-19-12-25-31(15-19)14-18-9-4-3-5-10-18/h3-12,15H,13-14,16H2,1-2H3,(H3,24,26,27,28,29). The van der Waals surface area contributed by atoms with Gasteiger partial charge < -0.3 is 11.1 Å². The smallest absolute Gasteiger partial charge is 0.232 e. The number of para-hydroxylation sites is 1. The number of aromatic nitrogens is 5. The summed E-state index contributed by atoms with van der Waals surface area (Å²) in [5, 5.41) is 7.70. The molecule has 0 aliphatic rings. The summed E-state index contributed by atoms with van der Waals surface area (Å²) in [6.45, 7) is 4.04. The summed E-state index contributed by atoms with van der Waals surface area (Å²) in [4.78, 5) is 15.2. The third-order valence-corrected chi connectivity index (χ3v) is 4.83. The summed E-state index contributed by atoms with van der Waals surface area (Å²) in [5.74, 6) is 1.26. The monoisotopic (exact) mass is 414 g/mol. The molecular weight excluding hydrogens is 388 g/mol. The Kier molecular flexibility index (Phi) is 6.18. The van der Waals surface area contributed by atoms with E-state index in [0.717, 1.165) is 29.9 Å². The van der Waals surface area contributed by atoms with E-state index in [0.29, 0.717) is 18.3 Å². The van der Waals surface area contributed by atoms with Crippen LogP contribution in [0, 0.1) is 6.92 Å². The van der Waals surface area contributed by atoms with Gasteiger partial charge in [-0.25, -0.2) is 0 Å². The van der Waals surface area contributed by atoms with Crippen molar-refractivity contribution in [2.45, 2.75) is 26.6 Å². The highest BCUT2D eigenvalue weighted by Crippen LogP contribution is 2.18. The molecule has 3 N–H and O–H groups in total. The van der Waals surface area contributed by atoms with Gasteiger partial charge in [0.15, 0.2) is 0 Å². The number of hydrogen-bond donors (Lipinski definition) is 2. The lowest BCUT2D eigenvalue weighted by molar-refractivity contribution is 0.310. The first-order valence-corrected chi connectivity index (χ1v) is 10.1. The maximum atomic E-state index is 5.92. The number of nitrogens with one attached hydrogen (secondary N) is 1. The van der Waals surface area contributed by atoms with Crippen molar-refractivity contribution in [2.24, 2.45) is 0 Å². The number of rotatable bonds is 8. The second kappa shape index (κ2) is 9.36. The Hall–Kier alpha value is -3.78. The summed E-state index contributed by atoms with van der Waals surface area (Å²) in [5.41, 5.74) is 10.3. The molecule has 0 unspecified atom stereocenters. The first kappa shape index (κ1) is 20.5. The minimum absolute atomic E-state index is 0.199. The van der Waals surface area contributed by atoms with Crippen LogP contribution in [-0.2, 0) is 19.6 Å². The van der Waals surface area contributed by atoms with E-state index in [2.05, 4.69) is 48.6 Å². The fraction of sp³-hybridized carbons (Fsp3) is 0.217. The summed E-state index contributed by atoms with van der Waals surface area (Å²) in [6.07, 6.45) is 3.96. The molecule has 0 saturated heterocycles. The van der Waals surface area contributed by atoms with Crippen molar-refractivity contribution in [1.29, 1.82) is 0 Å². The molecule has 0 spiro atoms. The fourth-order valence-corrected chi connectivity index (χ4v) is 3.35. The molecule has 0 fully saturated rings. The van der Waals surface area contributed by atoms with Crippen LogP contribution in [0.25, 0.3) is 0 Å². The Morgan fingerprint density at radius 1 is 0.935 bits per heavy atom. The van der Waals surface area contributed by atoms with Crippen LogP contribution in [0.2, 0.25) is 0 Å². The molecule has 0 bridgehead atoms. The van der Waals surface area contributed by atoms with E-state index in [9.17, 15) is 0 Å². The van der Waals surface area contributed by atoms with E-state index in [1.807, 2.05) is 67.3 Å². The van der Waals surface area contributed by atoms with Gasteiger partial charge in [0, 0.05) is 24.0 Å². The lowest BCUT2D eigenvalue weighted by Gasteiger charge is -2.15. The van der Waals surface area contributed by atoms with Gasteiger partial charge in [0.1, 0.15) is 5.82 Å². The third kappa shape index (κ3) is 5.64. The Morgan fingerprint density at radius 3 is 2.52 bits per heavy atom. The molecule has 4 aromatic rings. The van der Waals surface area contributed by atoms with Crippen LogP contribution in [0.4, 0.5) is 17.6 Å². The minimum atomic E-state index is 0.199. The van der Waals surface area contributed by atoms with Gasteiger partial charge in [0.05, 0.1) is 19.3 Å². The first-order chi connectivity index (χ1) is 15.0. The van der Waals surface area contributed by atoms with Crippen LogP contribution in [-0.4, -0.2) is 36.7 Å². The predicted octanol–water partition coefficient (Wildman–Crippen LogP) is 3.38. The average Bonchev–Trinajstić information content (AvgIpc) is 3.16. The second-order valence-electron chi connectivity index (χ2n) is 7.58. The minimum Gasteiger partial charge on any atom is -0.368 e. The van der Waals surface area contributed by atoms with E-state index >= 15 is 0 Å². The van der Waals surface area contributed by atoms with E-state index in [-0.39, 0.29) is 5.95 Å². The topological polar surface area (TPSA) is 97.8 Å². The molecule has 2 heterocycles. The number of anilines is 3. The molecule has 0 saturated carbocycles. The summed E-state index contributed by atoms with van der Waals surface area (Å²) in [7, 11) is 2.02. The van der Waals surface area contributed by atoms with Crippen LogP contribution >= 0.6 is 0 Å². The summed E-state index contributed by atoms with van der Waals surface area (Å²) < 4.78 is 1.95. The molecule has 0 aliphatic carbocycles. The van der Waals surface area contributed by atoms with Gasteiger partial charge in [-0.1, -0.05) is 48.5 Å². The lowest BCUT2D eigenvalue weighted by atomic mass is 10.2. The summed E-state index contributed by atoms with van der Waals surface area (Å²) in [6, 6.07) is 18.3. The number of nitrogens with zero attached hydrogens (tertiary/aromatic N) is 6. The zero-order valence-corrected chi connectivity index (χ0v) is 17.7. The zero-order chi connectivity index (χ0) is 21.6. The van der Waals surface area contributed by atoms with Gasteiger partial charge in [-0.3, -0.25) is 9.58 Å². The Labute approximate surface area is 181 Å². The highest BCUT2D eigenvalue weighted by Gasteiger charge is 2.10. The van der Waals surface area contributed by atoms with Gasteiger partial charge in [-0.05, 0) is 31.2 Å². The molecule has 0 atom stereocenters. The van der Waals surface area contributed by atoms with Crippen LogP contribution in [0.15, 0.2) is 67.0 Å². The maximum Gasteiger partial charge on any atom is 0.232 e. The van der Waals surface area contributed by atoms with Crippen molar-refractivity contribution >= 4 is 17.6 Å². The van der Waals surface area contributed by atoms with Gasteiger partial charge >= 0.3 is 0 Å². The van der Waals surface area contributed by atoms with Crippen molar-refractivity contribution in [3.8, 4) is 0 Å². The average molecular weight is 415 g/mol. The molecule has 0 radical (unpaired) electrons. The number of nitrogen functional groups attached to an aromatic ring is 1. The first-order valence-electron chi connectivity index (χ1n) is 10.1. The number of hydrogen-bond acceptors (Lipinski definition) is 7. The quantitative estimate of drug-likeness (QED) is 0.456. The van der Waals surface area contributed by atoms with E-state index < -0.39 is 0 Å². The Morgan fingerprint density at radius 2 is 1.71 bits per heavy atom. The number of benzene rings is 2. The van der Waals surface area contributed by atoms with Crippen molar-refractivity contribution in [1.82, 2.24) is 29.6 Å². The number of aryl methyl sites for hydroxylation is 1. The largest absolute Gasteiger partial charge is 0.368 e. The van der Waals surface area contributed by atoms with E-state index in [4.69, 9.17) is 5.73 Å². The Balaban J connectivity index is 1.39. The van der Waals surface area contributed by atoms with Crippen molar-refractivity contribution in [3.63, 3.8) is 0 Å². The molecule has 8 heteroatoms. The Bertz CT molecular complexity index is 1140. The molecule has 2 aromatic carbocycles. The molecule has 8 nitrogen and oxygen atoms in total. The molecule has 4 rings (SSSR count). The fourth-order valence-electron chi connectivity index (χ4n) is 3.35. The van der Waals surface area contributed by atoms with Crippen molar-refractivity contribution in [3.05, 3.63) is 89.5 Å². The van der Waals surface area contributed by atoms with Gasteiger partial charge in [-0.15, -0.1) is 0 Å². The summed E-state index contributed by atoms with van der Waals surface area (Å²) >= 11 is 0. The van der Waals surface area contributed by atoms with Crippen LogP contribution in [0.1, 0.15) is 22.5 Å². The molecule has 158 valence electrons. The van der Waals surface area contributed by atoms with Gasteiger partial charge in [-0.2, -0.15) is 20.1 Å². The van der Waals surface area contributed by atoms with E-state index in [1.54, 1.807) is 0 Å². The van der Waals surface area contributed by atoms with Crippen LogP contribution in [0.5, 0.6) is 0 Å². The molecule has 31 heavy (non-hydrogen) atoms. The normalized spacial score (nSPS) is 11.1. The highest BCUT2D eigenvalue weighted by molar-refractivity contribution is 5.58. The van der Waals surface area contributed by atoms with Crippen LogP contribution in [0.3, 0.4) is 0 Å². The second-order valence-corrected chi connectivity index (χ2v) is 7.58. The highest BCUT2D eigenvalue weighted by atomic mass is 15.3. The van der Waals surface area contributed by atoms with Crippen LogP contribution < -0.4 is 11.1 Å². The molecule has 0 amide bonds. The van der Waals surface area contributed by atoms with E-state index in [1.165, 1.54) is 5.56 Å². The van der Waals surface area contributed by atoms with Gasteiger partial charge in [0.25, 0.3) is 0 Å². The molecule has 0 aliphatic heterocycles. The number of nitrogens with two attached hydrogens (primary N) is 1.